The van der Waals surface area contributed by atoms with Crippen molar-refractivity contribution in [1.29, 1.82) is 0 Å². The lowest BCUT2D eigenvalue weighted by Gasteiger charge is -2.42. The SMILES string of the molecule is COC(=O)c1c(Br)csc1-n1c(C)nnc1CO[Si](c1ccccc1)(c1ccccc1)C(C)(C)C.Cc1nnc(CO[Si](c2ccccc2)(c2ccccc2)C(C)(C)C)n1-c1scc(Br)c1CCl.Cc1nnc2n1-c1scc(Br)c1COC2. The van der Waals surface area contributed by atoms with Crippen molar-refractivity contribution in [2.24, 2.45) is 0 Å². The zero-order valence-electron chi connectivity index (χ0n) is 47.6. The number of aryl methyl sites for hydroxylation is 3. The Morgan fingerprint density at radius 1 is 0.554 bits per heavy atom. The van der Waals surface area contributed by atoms with Gasteiger partial charge >= 0.3 is 5.97 Å². The normalized spacial score (nSPS) is 12.6. The van der Waals surface area contributed by atoms with Crippen molar-refractivity contribution in [3.63, 3.8) is 0 Å². The van der Waals surface area contributed by atoms with Gasteiger partial charge in [-0.3, -0.25) is 13.7 Å². The molecule has 10 aromatic rings. The molecule has 4 aromatic carbocycles. The van der Waals surface area contributed by atoms with E-state index < -0.39 is 22.6 Å². The standard InChI is InChI=1S/C26H28BrN3O3SSi.C25H27BrClN3OSSi.C9H8BrN3OS/c1-18-28-29-22(30(18)24-23(25(31)32-5)21(27)17-34-24)16-33-35(26(2,3)4,19-12-8-6-9-13-19)20-14-10-7-11-15-20;1-18-28-29-23(30(18)24-21(15-27)22(26)17-32-24)16-31-33(25(2,3)4,19-11-7-5-8-12-19)20-13-9-6-10-14-20;1-5-11-12-8-3-14-2-6-7(10)4-15-9(6)13(5)8/h6-15,17H,16H2,1-5H3;5-14,17H,15-16H2,1-4H3;4H,2-3H2,1H3. The molecule has 432 valence electrons. The second kappa shape index (κ2) is 26.7. The van der Waals surface area contributed by atoms with Crippen LogP contribution in [0.5, 0.6) is 0 Å². The lowest BCUT2D eigenvalue weighted by atomic mass is 10.2. The second-order valence-electron chi connectivity index (χ2n) is 21.5. The molecular formula is C60H63Br3ClN9O5S3Si2. The zero-order chi connectivity index (χ0) is 59.3. The van der Waals surface area contributed by atoms with Crippen LogP contribution in [0.3, 0.4) is 0 Å². The summed E-state index contributed by atoms with van der Waals surface area (Å²) in [4.78, 5) is 12.5. The highest BCUT2D eigenvalue weighted by Crippen LogP contribution is 2.41. The number of alkyl halides is 1. The highest BCUT2D eigenvalue weighted by molar-refractivity contribution is 9.11. The van der Waals surface area contributed by atoms with Gasteiger partial charge in [0.1, 0.15) is 44.6 Å². The van der Waals surface area contributed by atoms with Crippen molar-refractivity contribution in [3.8, 4) is 15.0 Å². The van der Waals surface area contributed by atoms with E-state index in [2.05, 4.69) is 249 Å². The van der Waals surface area contributed by atoms with Crippen LogP contribution in [0.2, 0.25) is 10.1 Å². The summed E-state index contributed by atoms with van der Waals surface area (Å²) in [7, 11) is -4.06. The molecule has 0 bridgehead atoms. The Balaban J connectivity index is 0.000000160. The van der Waals surface area contributed by atoms with E-state index in [1.165, 1.54) is 44.8 Å². The third-order valence-electron chi connectivity index (χ3n) is 14.3. The number of carbonyl (C=O) groups excluding carboxylic acids is 1. The van der Waals surface area contributed by atoms with Gasteiger partial charge in [0.25, 0.3) is 16.6 Å². The maximum Gasteiger partial charge on any atom is 0.342 e. The molecule has 0 spiro atoms. The number of aromatic nitrogens is 9. The second-order valence-corrected chi connectivity index (χ2v) is 35.5. The molecule has 0 saturated carbocycles. The Morgan fingerprint density at radius 3 is 1.40 bits per heavy atom. The van der Waals surface area contributed by atoms with E-state index in [4.69, 9.17) is 29.9 Å². The van der Waals surface area contributed by atoms with Crippen LogP contribution in [0.25, 0.3) is 15.0 Å². The largest absolute Gasteiger partial charge is 0.465 e. The number of esters is 1. The molecule has 83 heavy (non-hydrogen) atoms. The highest BCUT2D eigenvalue weighted by Gasteiger charge is 2.52. The van der Waals surface area contributed by atoms with Crippen LogP contribution in [0.1, 0.15) is 98.0 Å². The topological polar surface area (TPSA) is 146 Å². The van der Waals surface area contributed by atoms with Gasteiger partial charge in [-0.2, -0.15) is 0 Å². The summed E-state index contributed by atoms with van der Waals surface area (Å²) in [5.41, 5.74) is 2.67. The molecule has 7 heterocycles. The summed E-state index contributed by atoms with van der Waals surface area (Å²) in [5.74, 6) is 4.68. The van der Waals surface area contributed by atoms with Crippen LogP contribution in [0.15, 0.2) is 151 Å². The quantitative estimate of drug-likeness (QED) is 0.0582. The average Bonchev–Trinajstić information content (AvgIpc) is 4.50. The molecule has 0 aliphatic carbocycles. The van der Waals surface area contributed by atoms with Crippen LogP contribution in [0, 0.1) is 20.8 Å². The van der Waals surface area contributed by atoms with Crippen molar-refractivity contribution in [2.45, 2.75) is 105 Å². The van der Waals surface area contributed by atoms with Crippen LogP contribution in [-0.2, 0) is 50.6 Å². The van der Waals surface area contributed by atoms with Gasteiger partial charge in [-0.05, 0) is 99.4 Å². The molecule has 0 N–H and O–H groups in total. The minimum Gasteiger partial charge on any atom is -0.465 e. The fraction of sp³-hybridized carbons (Fsp3) is 0.283. The smallest absolute Gasteiger partial charge is 0.342 e. The number of benzene rings is 4. The van der Waals surface area contributed by atoms with Crippen molar-refractivity contribution in [3.05, 3.63) is 203 Å². The van der Waals surface area contributed by atoms with Gasteiger partial charge in [0.15, 0.2) is 17.5 Å². The van der Waals surface area contributed by atoms with Gasteiger partial charge < -0.3 is 18.3 Å². The third kappa shape index (κ3) is 12.6. The van der Waals surface area contributed by atoms with E-state index >= 15 is 0 Å². The van der Waals surface area contributed by atoms with E-state index in [1.54, 1.807) is 22.7 Å². The fourth-order valence-corrected chi connectivity index (χ4v) is 25.3. The Hall–Kier alpha value is -5.09. The first-order valence-corrected chi connectivity index (χ1v) is 35.9. The van der Waals surface area contributed by atoms with Crippen molar-refractivity contribution < 1.29 is 23.1 Å². The van der Waals surface area contributed by atoms with Crippen molar-refractivity contribution in [2.75, 3.05) is 7.11 Å². The van der Waals surface area contributed by atoms with Gasteiger partial charge in [-0.15, -0.1) is 76.2 Å². The molecule has 0 radical (unpaired) electrons. The van der Waals surface area contributed by atoms with E-state index in [0.717, 1.165) is 47.8 Å². The lowest BCUT2D eigenvalue weighted by Crippen LogP contribution is -2.66. The van der Waals surface area contributed by atoms with Crippen LogP contribution in [0.4, 0.5) is 0 Å². The number of hydrogen-bond donors (Lipinski definition) is 0. The minimum absolute atomic E-state index is 0.108. The first-order valence-electron chi connectivity index (χ1n) is 26.5. The number of carbonyl (C=O) groups is 1. The molecule has 1 aliphatic rings. The summed E-state index contributed by atoms with van der Waals surface area (Å²) < 4.78 is 33.5. The predicted octanol–water partition coefficient (Wildman–Crippen LogP) is 13.9. The summed E-state index contributed by atoms with van der Waals surface area (Å²) in [6.45, 7) is 21.1. The van der Waals surface area contributed by atoms with Crippen molar-refractivity contribution in [1.82, 2.24) is 44.3 Å². The summed E-state index contributed by atoms with van der Waals surface area (Å²) in [6.07, 6.45) is 0. The summed E-state index contributed by atoms with van der Waals surface area (Å²) in [5, 5.41) is 39.3. The molecule has 0 fully saturated rings. The van der Waals surface area contributed by atoms with Crippen LogP contribution >= 0.6 is 93.4 Å². The third-order valence-corrected chi connectivity index (χ3v) is 30.5. The Labute approximate surface area is 528 Å². The number of rotatable bonds is 14. The predicted molar refractivity (Wildman–Crippen MR) is 349 cm³/mol. The molecular weight excluding hydrogens is 1350 g/mol. The maximum atomic E-state index is 12.5. The molecule has 23 heteroatoms. The lowest BCUT2D eigenvalue weighted by molar-refractivity contribution is 0.0600. The Bertz CT molecular complexity index is 3730. The van der Waals surface area contributed by atoms with Gasteiger partial charge in [0, 0.05) is 40.7 Å². The molecule has 11 rings (SSSR count). The maximum absolute atomic E-state index is 12.5. The van der Waals surface area contributed by atoms with E-state index in [0.29, 0.717) is 52.4 Å². The minimum atomic E-state index is -2.76. The van der Waals surface area contributed by atoms with E-state index in [-0.39, 0.29) is 16.7 Å². The first kappa shape index (κ1) is 62.4. The number of fused-ring (bicyclic) bond motifs is 3. The highest BCUT2D eigenvalue weighted by atomic mass is 79.9. The number of halogens is 4. The van der Waals surface area contributed by atoms with E-state index in [9.17, 15) is 4.79 Å². The number of ether oxygens (including phenoxy) is 2. The zero-order valence-corrected chi connectivity index (χ0v) is 57.6. The molecule has 6 aromatic heterocycles. The summed E-state index contributed by atoms with van der Waals surface area (Å²) in [6, 6.07) is 42.2. The Morgan fingerprint density at radius 2 is 0.952 bits per heavy atom. The number of methoxy groups -OCH3 is 1. The first-order chi connectivity index (χ1) is 39.8. The molecule has 0 saturated heterocycles. The fourth-order valence-electron chi connectivity index (χ4n) is 10.5. The Kier molecular flexibility index (Phi) is 20.1. The molecule has 0 amide bonds. The average molecular weight is 1420 g/mol. The van der Waals surface area contributed by atoms with Gasteiger partial charge in [0.2, 0.25) is 0 Å². The number of nitrogens with zero attached hydrogens (tertiary/aromatic N) is 9. The van der Waals surface area contributed by atoms with E-state index in [1.807, 2.05) is 42.9 Å². The number of thiophene rings is 3. The number of hydrogen-bond acceptors (Lipinski definition) is 14. The molecule has 0 unspecified atom stereocenters. The molecule has 1 aliphatic heterocycles. The van der Waals surface area contributed by atoms with Crippen LogP contribution < -0.4 is 20.7 Å². The van der Waals surface area contributed by atoms with Gasteiger partial charge in [-0.1, -0.05) is 163 Å². The summed E-state index contributed by atoms with van der Waals surface area (Å²) >= 11 is 21.6. The van der Waals surface area contributed by atoms with Gasteiger partial charge in [0.05, 0.1) is 32.8 Å². The van der Waals surface area contributed by atoms with Crippen molar-refractivity contribution >= 4 is 137 Å². The molecule has 0 atom stereocenters. The van der Waals surface area contributed by atoms with Gasteiger partial charge in [-0.25, -0.2) is 4.79 Å². The monoisotopic (exact) mass is 1410 g/mol. The molecule has 14 nitrogen and oxygen atoms in total. The van der Waals surface area contributed by atoms with Crippen LogP contribution in [-0.4, -0.2) is 74.0 Å².